The summed E-state index contributed by atoms with van der Waals surface area (Å²) in [7, 11) is 0. The molecule has 0 radical (unpaired) electrons. The second-order valence-corrected chi connectivity index (χ2v) is 4.27. The lowest BCUT2D eigenvalue weighted by molar-refractivity contribution is 1.50. The van der Waals surface area contributed by atoms with Crippen LogP contribution in [0.15, 0.2) is 18.2 Å². The molecule has 4 heteroatoms. The summed E-state index contributed by atoms with van der Waals surface area (Å²) in [5, 5.41) is 9.59. The first kappa shape index (κ1) is 8.36. The number of benzene rings is 1. The SMILES string of the molecule is N#Cc1ccc2c(N)c(Cl)sc2c1. The van der Waals surface area contributed by atoms with Crippen molar-refractivity contribution in [2.45, 2.75) is 0 Å². The van der Waals surface area contributed by atoms with Crippen molar-refractivity contribution in [2.75, 3.05) is 5.73 Å². The molecule has 0 saturated heterocycles. The molecule has 64 valence electrons. The van der Waals surface area contributed by atoms with Crippen molar-refractivity contribution in [3.63, 3.8) is 0 Å². The molecule has 0 amide bonds. The van der Waals surface area contributed by atoms with Gasteiger partial charge in [0.2, 0.25) is 0 Å². The molecule has 13 heavy (non-hydrogen) atoms. The maximum atomic E-state index is 8.66. The van der Waals surface area contributed by atoms with Gasteiger partial charge in [-0.1, -0.05) is 17.7 Å². The lowest BCUT2D eigenvalue weighted by Gasteiger charge is -1.91. The van der Waals surface area contributed by atoms with E-state index in [-0.39, 0.29) is 0 Å². The summed E-state index contributed by atoms with van der Waals surface area (Å²) in [6.45, 7) is 0. The van der Waals surface area contributed by atoms with E-state index in [1.165, 1.54) is 11.3 Å². The molecule has 2 N–H and O–H groups in total. The molecule has 0 spiro atoms. The Morgan fingerprint density at radius 2 is 2.23 bits per heavy atom. The third kappa shape index (κ3) is 1.24. The fourth-order valence-electron chi connectivity index (χ4n) is 1.16. The van der Waals surface area contributed by atoms with E-state index in [2.05, 4.69) is 6.07 Å². The van der Waals surface area contributed by atoms with Gasteiger partial charge in [0.1, 0.15) is 4.34 Å². The lowest BCUT2D eigenvalue weighted by atomic mass is 10.2. The van der Waals surface area contributed by atoms with Gasteiger partial charge in [0, 0.05) is 10.1 Å². The molecule has 1 aromatic heterocycles. The second kappa shape index (κ2) is 2.91. The zero-order valence-corrected chi connectivity index (χ0v) is 8.12. The van der Waals surface area contributed by atoms with Gasteiger partial charge in [-0.15, -0.1) is 11.3 Å². The van der Waals surface area contributed by atoms with Crippen LogP contribution in [0.5, 0.6) is 0 Å². The summed E-state index contributed by atoms with van der Waals surface area (Å²) in [5.41, 5.74) is 6.96. The van der Waals surface area contributed by atoms with Crippen LogP contribution in [0, 0.1) is 11.3 Å². The highest BCUT2D eigenvalue weighted by Gasteiger charge is 2.06. The third-order valence-electron chi connectivity index (χ3n) is 1.81. The fourth-order valence-corrected chi connectivity index (χ4v) is 2.39. The van der Waals surface area contributed by atoms with Crippen molar-refractivity contribution in [1.29, 1.82) is 5.26 Å². The number of hydrogen-bond donors (Lipinski definition) is 1. The number of nitriles is 1. The minimum atomic E-state index is 0.588. The summed E-state index contributed by atoms with van der Waals surface area (Å²) in [6.07, 6.45) is 0. The lowest BCUT2D eigenvalue weighted by Crippen LogP contribution is -1.81. The molecule has 0 aliphatic rings. The zero-order valence-electron chi connectivity index (χ0n) is 6.54. The Morgan fingerprint density at radius 1 is 1.46 bits per heavy atom. The molecule has 0 fully saturated rings. The number of hydrogen-bond acceptors (Lipinski definition) is 3. The molecule has 1 heterocycles. The maximum Gasteiger partial charge on any atom is 0.117 e. The van der Waals surface area contributed by atoms with Crippen molar-refractivity contribution in [3.05, 3.63) is 28.1 Å². The molecule has 1 aromatic carbocycles. The first-order chi connectivity index (χ1) is 6.22. The highest BCUT2D eigenvalue weighted by atomic mass is 35.5. The summed E-state index contributed by atoms with van der Waals surface area (Å²) in [6, 6.07) is 7.43. The predicted molar refractivity (Wildman–Crippen MR) is 56.0 cm³/mol. The van der Waals surface area contributed by atoms with Crippen LogP contribution in [-0.4, -0.2) is 0 Å². The minimum absolute atomic E-state index is 0.588. The van der Waals surface area contributed by atoms with Crippen LogP contribution >= 0.6 is 22.9 Å². The van der Waals surface area contributed by atoms with E-state index in [1.54, 1.807) is 12.1 Å². The molecular weight excluding hydrogens is 204 g/mol. The molecule has 0 aliphatic heterocycles. The van der Waals surface area contributed by atoms with E-state index >= 15 is 0 Å². The summed E-state index contributed by atoms with van der Waals surface area (Å²) >= 11 is 7.26. The van der Waals surface area contributed by atoms with Gasteiger partial charge in [-0.2, -0.15) is 5.26 Å². The topological polar surface area (TPSA) is 49.8 Å². The Hall–Kier alpha value is -1.24. The van der Waals surface area contributed by atoms with Crippen LogP contribution in [0.2, 0.25) is 4.34 Å². The Kier molecular flexibility index (Phi) is 1.87. The van der Waals surface area contributed by atoms with E-state index in [4.69, 9.17) is 22.6 Å². The van der Waals surface area contributed by atoms with Gasteiger partial charge in [0.15, 0.2) is 0 Å². The number of thiophene rings is 1. The third-order valence-corrected chi connectivity index (χ3v) is 3.20. The van der Waals surface area contributed by atoms with E-state index in [9.17, 15) is 0 Å². The predicted octanol–water partition coefficient (Wildman–Crippen LogP) is 3.01. The van der Waals surface area contributed by atoms with Crippen molar-refractivity contribution < 1.29 is 0 Å². The molecular formula is C9H5ClN2S. The number of nitrogens with two attached hydrogens (primary N) is 1. The van der Waals surface area contributed by atoms with Crippen LogP contribution in [0.1, 0.15) is 5.56 Å². The van der Waals surface area contributed by atoms with Crippen molar-refractivity contribution >= 4 is 38.7 Å². The van der Waals surface area contributed by atoms with E-state index in [0.717, 1.165) is 10.1 Å². The first-order valence-corrected chi connectivity index (χ1v) is 4.79. The first-order valence-electron chi connectivity index (χ1n) is 3.60. The Bertz CT molecular complexity index is 510. The number of rotatable bonds is 0. The van der Waals surface area contributed by atoms with Crippen molar-refractivity contribution in [3.8, 4) is 6.07 Å². The van der Waals surface area contributed by atoms with E-state index in [0.29, 0.717) is 15.6 Å². The van der Waals surface area contributed by atoms with Gasteiger partial charge >= 0.3 is 0 Å². The molecule has 0 saturated carbocycles. The standard InChI is InChI=1S/C9H5ClN2S/c10-9-8(12)6-2-1-5(4-11)3-7(6)13-9/h1-3H,12H2. The quantitative estimate of drug-likeness (QED) is 0.724. The molecule has 2 nitrogen and oxygen atoms in total. The fraction of sp³-hybridized carbons (Fsp3) is 0. The Labute approximate surface area is 84.2 Å². The van der Waals surface area contributed by atoms with Crippen LogP contribution in [0.25, 0.3) is 10.1 Å². The molecule has 2 aromatic rings. The Balaban J connectivity index is 2.82. The smallest absolute Gasteiger partial charge is 0.117 e. The highest BCUT2D eigenvalue weighted by molar-refractivity contribution is 7.23. The Morgan fingerprint density at radius 3 is 2.92 bits per heavy atom. The van der Waals surface area contributed by atoms with Gasteiger partial charge in [-0.3, -0.25) is 0 Å². The molecule has 0 bridgehead atoms. The molecule has 2 rings (SSSR count). The monoisotopic (exact) mass is 208 g/mol. The number of nitrogens with zero attached hydrogens (tertiary/aromatic N) is 1. The molecule has 0 atom stereocenters. The average Bonchev–Trinajstić information content (AvgIpc) is 2.42. The maximum absolute atomic E-state index is 8.66. The van der Waals surface area contributed by atoms with Crippen molar-refractivity contribution in [1.82, 2.24) is 0 Å². The van der Waals surface area contributed by atoms with Gasteiger partial charge < -0.3 is 5.73 Å². The zero-order chi connectivity index (χ0) is 9.42. The number of anilines is 1. The number of fused-ring (bicyclic) bond motifs is 1. The number of halogens is 1. The highest BCUT2D eigenvalue weighted by Crippen LogP contribution is 2.37. The molecule has 0 aliphatic carbocycles. The van der Waals surface area contributed by atoms with Crippen LogP contribution in [0.3, 0.4) is 0 Å². The largest absolute Gasteiger partial charge is 0.396 e. The van der Waals surface area contributed by atoms with Gasteiger partial charge in [0.25, 0.3) is 0 Å². The van der Waals surface area contributed by atoms with E-state index < -0.39 is 0 Å². The summed E-state index contributed by atoms with van der Waals surface area (Å²) in [5.74, 6) is 0. The van der Waals surface area contributed by atoms with Crippen LogP contribution in [-0.2, 0) is 0 Å². The summed E-state index contributed by atoms with van der Waals surface area (Å²) in [4.78, 5) is 0. The minimum Gasteiger partial charge on any atom is -0.396 e. The summed E-state index contributed by atoms with van der Waals surface area (Å²) < 4.78 is 1.55. The van der Waals surface area contributed by atoms with Gasteiger partial charge in [-0.25, -0.2) is 0 Å². The number of nitrogen functional groups attached to an aromatic ring is 1. The van der Waals surface area contributed by atoms with Gasteiger partial charge in [-0.05, 0) is 12.1 Å². The second-order valence-electron chi connectivity index (χ2n) is 2.61. The van der Waals surface area contributed by atoms with Crippen molar-refractivity contribution in [2.24, 2.45) is 0 Å². The normalized spacial score (nSPS) is 10.2. The van der Waals surface area contributed by atoms with Crippen LogP contribution in [0.4, 0.5) is 5.69 Å². The van der Waals surface area contributed by atoms with Crippen LogP contribution < -0.4 is 5.73 Å². The average molecular weight is 209 g/mol. The van der Waals surface area contributed by atoms with E-state index in [1.807, 2.05) is 6.07 Å². The van der Waals surface area contributed by atoms with Gasteiger partial charge in [0.05, 0.1) is 17.3 Å². The molecule has 0 unspecified atom stereocenters.